The SMILES string of the molecule is CCCCCCCCCCCCCCCC(O)CCCCC(CCC)S(=O)(=O)[O-].[Na+]. The van der Waals surface area contributed by atoms with Gasteiger partial charge in [-0.15, -0.1) is 0 Å². The molecule has 0 aromatic rings. The summed E-state index contributed by atoms with van der Waals surface area (Å²) in [5, 5.41) is 9.33. The molecule has 176 valence electrons. The Morgan fingerprint density at radius 3 is 1.37 bits per heavy atom. The van der Waals surface area contributed by atoms with Gasteiger partial charge in [-0.05, 0) is 25.7 Å². The molecule has 30 heavy (non-hydrogen) atoms. The summed E-state index contributed by atoms with van der Waals surface area (Å²) in [6, 6.07) is 0. The molecule has 2 unspecified atom stereocenters. The van der Waals surface area contributed by atoms with Gasteiger partial charge in [-0.25, -0.2) is 8.42 Å². The molecule has 0 amide bonds. The predicted octanol–water partition coefficient (Wildman–Crippen LogP) is 4.11. The zero-order valence-corrected chi connectivity index (χ0v) is 23.2. The van der Waals surface area contributed by atoms with E-state index < -0.39 is 15.4 Å². The molecule has 0 saturated heterocycles. The molecule has 0 aliphatic rings. The summed E-state index contributed by atoms with van der Waals surface area (Å²) in [7, 11) is -4.18. The van der Waals surface area contributed by atoms with Gasteiger partial charge in [0.25, 0.3) is 0 Å². The van der Waals surface area contributed by atoms with Crippen LogP contribution < -0.4 is 29.6 Å². The molecule has 0 aliphatic carbocycles. The minimum atomic E-state index is -4.18. The number of aliphatic hydroxyl groups is 1. The van der Waals surface area contributed by atoms with Crippen LogP contribution in [0.15, 0.2) is 0 Å². The normalized spacial score (nSPS) is 13.7. The van der Waals surface area contributed by atoms with E-state index in [1.807, 2.05) is 6.92 Å². The molecule has 0 radical (unpaired) electrons. The van der Waals surface area contributed by atoms with Crippen LogP contribution in [0.5, 0.6) is 0 Å². The zero-order chi connectivity index (χ0) is 21.8. The summed E-state index contributed by atoms with van der Waals surface area (Å²) in [4.78, 5) is 0. The standard InChI is InChI=1S/C24H50O4S.Na/c1-3-5-6-7-8-9-10-11-12-13-14-15-16-20-23(25)21-17-18-22-24(19-4-2)29(26,27)28;/h23-25H,3-22H2,1-2H3,(H,26,27,28);/q;+1/p-1. The quantitative estimate of drug-likeness (QED) is 0.151. The van der Waals surface area contributed by atoms with E-state index in [2.05, 4.69) is 6.92 Å². The Morgan fingerprint density at radius 1 is 0.600 bits per heavy atom. The smallest absolute Gasteiger partial charge is 0.748 e. The first kappa shape index (κ1) is 33.0. The third-order valence-electron chi connectivity index (χ3n) is 5.97. The topological polar surface area (TPSA) is 77.4 Å². The molecule has 0 aromatic carbocycles. The number of unbranched alkanes of at least 4 members (excludes halogenated alkanes) is 13. The summed E-state index contributed by atoms with van der Waals surface area (Å²) in [5.74, 6) is 0. The second-order valence-electron chi connectivity index (χ2n) is 8.87. The molecule has 6 heteroatoms. The number of rotatable bonds is 22. The van der Waals surface area contributed by atoms with Gasteiger partial charge >= 0.3 is 29.6 Å². The Bertz CT molecular complexity index is 442. The van der Waals surface area contributed by atoms with Crippen LogP contribution in [0.2, 0.25) is 0 Å². The Labute approximate surface area is 210 Å². The molecule has 1 N–H and O–H groups in total. The van der Waals surface area contributed by atoms with E-state index in [9.17, 15) is 18.1 Å². The summed E-state index contributed by atoms with van der Waals surface area (Å²) in [6.45, 7) is 4.16. The Morgan fingerprint density at radius 2 is 0.967 bits per heavy atom. The van der Waals surface area contributed by atoms with E-state index in [-0.39, 0.29) is 35.7 Å². The average molecular weight is 457 g/mol. The maximum absolute atomic E-state index is 11.2. The van der Waals surface area contributed by atoms with Crippen LogP contribution >= 0.6 is 0 Å². The van der Waals surface area contributed by atoms with E-state index in [1.165, 1.54) is 77.0 Å². The van der Waals surface area contributed by atoms with E-state index in [0.717, 1.165) is 25.7 Å². The van der Waals surface area contributed by atoms with Crippen molar-refractivity contribution in [2.45, 2.75) is 154 Å². The van der Waals surface area contributed by atoms with Gasteiger partial charge in [-0.3, -0.25) is 0 Å². The summed E-state index contributed by atoms with van der Waals surface area (Å²) >= 11 is 0. The van der Waals surface area contributed by atoms with Gasteiger partial charge in [-0.2, -0.15) is 0 Å². The third-order valence-corrected chi connectivity index (χ3v) is 7.26. The van der Waals surface area contributed by atoms with Crippen LogP contribution in [0, 0.1) is 0 Å². The fraction of sp³-hybridized carbons (Fsp3) is 1.00. The maximum Gasteiger partial charge on any atom is 1.00 e. The van der Waals surface area contributed by atoms with E-state index in [0.29, 0.717) is 25.7 Å². The van der Waals surface area contributed by atoms with Crippen molar-refractivity contribution in [2.75, 3.05) is 0 Å². The minimum absolute atomic E-state index is 0. The Kier molecular flexibility index (Phi) is 25.4. The Hall–Kier alpha value is 0.870. The molecule has 0 fully saturated rings. The molecule has 0 heterocycles. The molecule has 2 atom stereocenters. The summed E-state index contributed by atoms with van der Waals surface area (Å²) in [5.41, 5.74) is 0. The van der Waals surface area contributed by atoms with Crippen molar-refractivity contribution in [3.8, 4) is 0 Å². The van der Waals surface area contributed by atoms with Crippen molar-refractivity contribution < 1.29 is 47.6 Å². The molecule has 4 nitrogen and oxygen atoms in total. The number of hydrogen-bond acceptors (Lipinski definition) is 4. The fourth-order valence-corrected chi connectivity index (χ4v) is 5.03. The minimum Gasteiger partial charge on any atom is -0.748 e. The first-order chi connectivity index (χ1) is 13.9. The van der Waals surface area contributed by atoms with Gasteiger partial charge in [-0.1, -0.05) is 117 Å². The van der Waals surface area contributed by atoms with Crippen molar-refractivity contribution >= 4 is 10.1 Å². The largest absolute Gasteiger partial charge is 1.00 e. The van der Waals surface area contributed by atoms with Crippen LogP contribution in [0.3, 0.4) is 0 Å². The number of hydrogen-bond donors (Lipinski definition) is 1. The van der Waals surface area contributed by atoms with Crippen LogP contribution in [-0.4, -0.2) is 29.4 Å². The maximum atomic E-state index is 11.2. The first-order valence-electron chi connectivity index (χ1n) is 12.5. The third kappa shape index (κ3) is 22.1. The van der Waals surface area contributed by atoms with Gasteiger partial charge in [0, 0.05) is 5.25 Å². The van der Waals surface area contributed by atoms with Gasteiger partial charge in [0.05, 0.1) is 16.2 Å². The molecule has 0 bridgehead atoms. The van der Waals surface area contributed by atoms with Gasteiger partial charge < -0.3 is 9.66 Å². The van der Waals surface area contributed by atoms with Gasteiger partial charge in [0.2, 0.25) is 0 Å². The van der Waals surface area contributed by atoms with E-state index >= 15 is 0 Å². The second-order valence-corrected chi connectivity index (χ2v) is 10.5. The molecular formula is C24H49NaO4S. The van der Waals surface area contributed by atoms with Crippen LogP contribution in [0.4, 0.5) is 0 Å². The van der Waals surface area contributed by atoms with E-state index in [1.54, 1.807) is 0 Å². The van der Waals surface area contributed by atoms with Crippen molar-refractivity contribution in [1.82, 2.24) is 0 Å². The Balaban J connectivity index is 0. The number of aliphatic hydroxyl groups excluding tert-OH is 1. The van der Waals surface area contributed by atoms with Gasteiger partial charge in [0.15, 0.2) is 0 Å². The van der Waals surface area contributed by atoms with E-state index in [4.69, 9.17) is 0 Å². The van der Waals surface area contributed by atoms with Crippen molar-refractivity contribution in [3.05, 3.63) is 0 Å². The molecule has 0 aromatic heterocycles. The van der Waals surface area contributed by atoms with Crippen molar-refractivity contribution in [2.24, 2.45) is 0 Å². The second kappa shape index (κ2) is 23.0. The molecule has 0 rings (SSSR count). The molecule has 0 saturated carbocycles. The monoisotopic (exact) mass is 456 g/mol. The molecule has 0 spiro atoms. The van der Waals surface area contributed by atoms with Crippen molar-refractivity contribution in [1.29, 1.82) is 0 Å². The van der Waals surface area contributed by atoms with Crippen LogP contribution in [-0.2, 0) is 10.1 Å². The zero-order valence-electron chi connectivity index (χ0n) is 20.4. The summed E-state index contributed by atoms with van der Waals surface area (Å²) < 4.78 is 33.6. The molecular weight excluding hydrogens is 407 g/mol. The van der Waals surface area contributed by atoms with Crippen LogP contribution in [0.1, 0.15) is 142 Å². The molecule has 0 aliphatic heterocycles. The predicted molar refractivity (Wildman–Crippen MR) is 123 cm³/mol. The van der Waals surface area contributed by atoms with Gasteiger partial charge in [0.1, 0.15) is 0 Å². The summed E-state index contributed by atoms with van der Waals surface area (Å²) in [6.07, 6.45) is 21.7. The van der Waals surface area contributed by atoms with Crippen molar-refractivity contribution in [3.63, 3.8) is 0 Å². The first-order valence-corrected chi connectivity index (χ1v) is 14.0. The van der Waals surface area contributed by atoms with Crippen LogP contribution in [0.25, 0.3) is 0 Å². The average Bonchev–Trinajstić information content (AvgIpc) is 2.67. The fourth-order valence-electron chi connectivity index (χ4n) is 4.05.